The number of nitrogens with one attached hydrogen (secondary N) is 1. The largest absolute Gasteiger partial charge is 0.462 e. The minimum absolute atomic E-state index is 0.165. The van der Waals surface area contributed by atoms with Gasteiger partial charge in [0, 0.05) is 32.5 Å². The SMILES string of the molecule is CCOC(=O)c1ccc(-n2c(C)cc(/C=N\NC(=O)c3cc4cc(Br)cc(Br)c4o3)c2C)cc1. The van der Waals surface area contributed by atoms with Gasteiger partial charge in [-0.25, -0.2) is 10.2 Å². The highest BCUT2D eigenvalue weighted by Crippen LogP contribution is 2.31. The lowest BCUT2D eigenvalue weighted by Gasteiger charge is -2.10. The van der Waals surface area contributed by atoms with Gasteiger partial charge in [0.15, 0.2) is 5.76 Å². The van der Waals surface area contributed by atoms with Crippen LogP contribution in [0.15, 0.2) is 67.0 Å². The number of hydrogen-bond donors (Lipinski definition) is 1. The zero-order valence-corrected chi connectivity index (χ0v) is 21.9. The average molecular weight is 587 g/mol. The van der Waals surface area contributed by atoms with Crippen molar-refractivity contribution in [2.24, 2.45) is 5.10 Å². The van der Waals surface area contributed by atoms with Gasteiger partial charge in [0.2, 0.25) is 0 Å². The summed E-state index contributed by atoms with van der Waals surface area (Å²) in [5.74, 6) is -0.625. The van der Waals surface area contributed by atoms with Gasteiger partial charge in [-0.2, -0.15) is 5.10 Å². The van der Waals surface area contributed by atoms with E-state index in [0.717, 1.165) is 37.0 Å². The number of aryl methyl sites for hydroxylation is 1. The Balaban J connectivity index is 1.50. The molecular formula is C25H21Br2N3O4. The van der Waals surface area contributed by atoms with Crippen molar-refractivity contribution in [3.8, 4) is 5.69 Å². The lowest BCUT2D eigenvalue weighted by atomic mass is 10.2. The number of ether oxygens (including phenoxy) is 1. The number of rotatable bonds is 6. The fourth-order valence-electron chi connectivity index (χ4n) is 3.68. The third-order valence-corrected chi connectivity index (χ3v) is 6.28. The Kier molecular flexibility index (Phi) is 7.04. The lowest BCUT2D eigenvalue weighted by Crippen LogP contribution is -2.16. The number of benzene rings is 2. The molecule has 0 fully saturated rings. The number of fused-ring (bicyclic) bond motifs is 1. The van der Waals surface area contributed by atoms with Gasteiger partial charge < -0.3 is 13.7 Å². The van der Waals surface area contributed by atoms with Crippen molar-refractivity contribution in [2.75, 3.05) is 6.61 Å². The zero-order valence-electron chi connectivity index (χ0n) is 18.7. The van der Waals surface area contributed by atoms with Crippen LogP contribution in [0.5, 0.6) is 0 Å². The second-order valence-electron chi connectivity index (χ2n) is 7.54. The molecule has 4 aromatic rings. The molecule has 0 unspecified atom stereocenters. The molecule has 1 amide bonds. The first kappa shape index (κ1) is 24.0. The molecule has 0 saturated heterocycles. The molecule has 1 N–H and O–H groups in total. The van der Waals surface area contributed by atoms with Gasteiger partial charge in [0.1, 0.15) is 5.58 Å². The number of halogens is 2. The number of esters is 1. The minimum atomic E-state index is -0.446. The van der Waals surface area contributed by atoms with E-state index in [2.05, 4.69) is 42.4 Å². The van der Waals surface area contributed by atoms with E-state index in [1.54, 1.807) is 31.3 Å². The maximum atomic E-state index is 12.5. The number of carbonyl (C=O) groups excluding carboxylic acids is 2. The van der Waals surface area contributed by atoms with Crippen molar-refractivity contribution in [1.29, 1.82) is 0 Å². The molecule has 0 aliphatic rings. The predicted octanol–water partition coefficient (Wildman–Crippen LogP) is 6.31. The number of aromatic nitrogens is 1. The van der Waals surface area contributed by atoms with Crippen LogP contribution in [0.2, 0.25) is 0 Å². The highest BCUT2D eigenvalue weighted by molar-refractivity contribution is 9.11. The van der Waals surface area contributed by atoms with Crippen LogP contribution in [-0.4, -0.2) is 29.3 Å². The second-order valence-corrected chi connectivity index (χ2v) is 9.31. The molecule has 0 radical (unpaired) electrons. The van der Waals surface area contributed by atoms with Crippen molar-refractivity contribution < 1.29 is 18.7 Å². The first-order valence-electron chi connectivity index (χ1n) is 10.5. The van der Waals surface area contributed by atoms with Crippen molar-refractivity contribution in [3.63, 3.8) is 0 Å². The lowest BCUT2D eigenvalue weighted by molar-refractivity contribution is 0.0526. The molecule has 2 heterocycles. The Morgan fingerprint density at radius 1 is 1.12 bits per heavy atom. The number of hydrogen-bond acceptors (Lipinski definition) is 5. The van der Waals surface area contributed by atoms with Gasteiger partial charge in [-0.05, 0) is 85.2 Å². The molecule has 4 rings (SSSR count). The maximum absolute atomic E-state index is 12.5. The number of nitrogens with zero attached hydrogens (tertiary/aromatic N) is 2. The molecule has 2 aromatic heterocycles. The van der Waals surface area contributed by atoms with E-state index >= 15 is 0 Å². The van der Waals surface area contributed by atoms with Gasteiger partial charge in [-0.1, -0.05) is 15.9 Å². The molecule has 7 nitrogen and oxygen atoms in total. The summed E-state index contributed by atoms with van der Waals surface area (Å²) in [6, 6.07) is 14.6. The van der Waals surface area contributed by atoms with E-state index in [0.29, 0.717) is 17.8 Å². The number of amides is 1. The minimum Gasteiger partial charge on any atom is -0.462 e. The molecule has 9 heteroatoms. The summed E-state index contributed by atoms with van der Waals surface area (Å²) < 4.78 is 14.4. The molecular weight excluding hydrogens is 566 g/mol. The standard InChI is InChI=1S/C25H21Br2N3O4/c1-4-33-25(32)16-5-7-20(8-6-16)30-14(2)9-18(15(30)3)13-28-29-24(31)22-11-17-10-19(26)12-21(27)23(17)34-22/h5-13H,4H2,1-3H3,(H,29,31)/b28-13-. The van der Waals surface area contributed by atoms with Gasteiger partial charge in [-0.15, -0.1) is 0 Å². The van der Waals surface area contributed by atoms with Crippen LogP contribution in [-0.2, 0) is 4.74 Å². The van der Waals surface area contributed by atoms with Crippen LogP contribution in [0.1, 0.15) is 44.8 Å². The Morgan fingerprint density at radius 3 is 2.56 bits per heavy atom. The molecule has 34 heavy (non-hydrogen) atoms. The van der Waals surface area contributed by atoms with Gasteiger partial charge in [0.05, 0.1) is 22.9 Å². The van der Waals surface area contributed by atoms with Gasteiger partial charge >= 0.3 is 11.9 Å². The molecule has 0 atom stereocenters. The van der Waals surface area contributed by atoms with E-state index in [1.807, 2.05) is 48.7 Å². The van der Waals surface area contributed by atoms with Gasteiger partial charge in [0.25, 0.3) is 0 Å². The van der Waals surface area contributed by atoms with Crippen molar-refractivity contribution in [3.05, 3.63) is 85.8 Å². The van der Waals surface area contributed by atoms with E-state index < -0.39 is 5.91 Å². The number of hydrazone groups is 1. The fourth-order valence-corrected chi connectivity index (χ4v) is 5.02. The molecule has 0 aliphatic carbocycles. The van der Waals surface area contributed by atoms with E-state index in [9.17, 15) is 9.59 Å². The molecule has 0 aliphatic heterocycles. The Hall–Kier alpha value is -3.17. The molecule has 0 spiro atoms. The van der Waals surface area contributed by atoms with E-state index in [4.69, 9.17) is 9.15 Å². The van der Waals surface area contributed by atoms with Crippen LogP contribution in [0.4, 0.5) is 0 Å². The van der Waals surface area contributed by atoms with Crippen LogP contribution in [0.25, 0.3) is 16.7 Å². The topological polar surface area (TPSA) is 85.8 Å². The fraction of sp³-hybridized carbons (Fsp3) is 0.160. The zero-order chi connectivity index (χ0) is 24.4. The van der Waals surface area contributed by atoms with Crippen LogP contribution in [0, 0.1) is 13.8 Å². The van der Waals surface area contributed by atoms with Crippen molar-refractivity contribution >= 4 is 60.9 Å². The number of carbonyl (C=O) groups is 2. The smallest absolute Gasteiger partial charge is 0.338 e. The third kappa shape index (κ3) is 4.85. The maximum Gasteiger partial charge on any atom is 0.338 e. The van der Waals surface area contributed by atoms with Crippen LogP contribution >= 0.6 is 31.9 Å². The Labute approximate surface area is 213 Å². The summed E-state index contributed by atoms with van der Waals surface area (Å²) in [5, 5.41) is 4.91. The summed E-state index contributed by atoms with van der Waals surface area (Å²) in [5.41, 5.74) is 7.30. The molecule has 174 valence electrons. The monoisotopic (exact) mass is 585 g/mol. The summed E-state index contributed by atoms with van der Waals surface area (Å²) >= 11 is 6.86. The predicted molar refractivity (Wildman–Crippen MR) is 138 cm³/mol. The highest BCUT2D eigenvalue weighted by atomic mass is 79.9. The first-order valence-corrected chi connectivity index (χ1v) is 12.1. The van der Waals surface area contributed by atoms with E-state index in [1.165, 1.54) is 0 Å². The summed E-state index contributed by atoms with van der Waals surface area (Å²) in [6.07, 6.45) is 1.60. The average Bonchev–Trinajstić information content (AvgIpc) is 3.35. The molecule has 0 bridgehead atoms. The third-order valence-electron chi connectivity index (χ3n) is 5.24. The van der Waals surface area contributed by atoms with Crippen LogP contribution < -0.4 is 5.43 Å². The van der Waals surface area contributed by atoms with Crippen molar-refractivity contribution in [1.82, 2.24) is 9.99 Å². The Bertz CT molecular complexity index is 1420. The second kappa shape index (κ2) is 9.99. The van der Waals surface area contributed by atoms with E-state index in [-0.39, 0.29) is 11.7 Å². The number of furan rings is 1. The first-order chi connectivity index (χ1) is 16.3. The van der Waals surface area contributed by atoms with Crippen molar-refractivity contribution in [2.45, 2.75) is 20.8 Å². The molecule has 0 saturated carbocycles. The Morgan fingerprint density at radius 2 is 1.85 bits per heavy atom. The summed E-state index contributed by atoms with van der Waals surface area (Å²) in [7, 11) is 0. The summed E-state index contributed by atoms with van der Waals surface area (Å²) in [4.78, 5) is 24.4. The normalized spacial score (nSPS) is 11.3. The van der Waals surface area contributed by atoms with Gasteiger partial charge in [-0.3, -0.25) is 4.79 Å². The quantitative estimate of drug-likeness (QED) is 0.163. The van der Waals surface area contributed by atoms with Crippen LogP contribution in [0.3, 0.4) is 0 Å². The molecule has 2 aromatic carbocycles. The summed E-state index contributed by atoms with van der Waals surface area (Å²) in [6.45, 7) is 6.05. The highest BCUT2D eigenvalue weighted by Gasteiger charge is 2.15.